The van der Waals surface area contributed by atoms with Crippen LogP contribution in [0.25, 0.3) is 10.3 Å². The Hall–Kier alpha value is -2.26. The number of nitrogens with one attached hydrogen (secondary N) is 2. The number of hydrogen-bond acceptors (Lipinski definition) is 7. The Labute approximate surface area is 124 Å². The van der Waals surface area contributed by atoms with Crippen molar-refractivity contribution < 1.29 is 14.3 Å². The molecule has 112 valence electrons. The van der Waals surface area contributed by atoms with Crippen LogP contribution >= 0.6 is 11.3 Å². The topological polar surface area (TPSA) is 119 Å². The van der Waals surface area contributed by atoms with Gasteiger partial charge in [-0.2, -0.15) is 0 Å². The third kappa shape index (κ3) is 3.64. The second kappa shape index (κ2) is 6.95. The van der Waals surface area contributed by atoms with Gasteiger partial charge in [-0.1, -0.05) is 0 Å². The van der Waals surface area contributed by atoms with Gasteiger partial charge in [0.2, 0.25) is 5.91 Å². The molecule has 0 saturated carbocycles. The number of hydrogen-bond donors (Lipinski definition) is 3. The van der Waals surface area contributed by atoms with E-state index in [1.54, 1.807) is 7.11 Å². The molecule has 4 N–H and O–H groups in total. The Morgan fingerprint density at radius 1 is 1.33 bits per heavy atom. The molecule has 0 aliphatic rings. The molecular weight excluding hydrogens is 294 g/mol. The number of thiophene rings is 1. The van der Waals surface area contributed by atoms with Crippen molar-refractivity contribution in [3.8, 4) is 0 Å². The van der Waals surface area contributed by atoms with Crippen molar-refractivity contribution >= 4 is 39.2 Å². The summed E-state index contributed by atoms with van der Waals surface area (Å²) >= 11 is 1.14. The Balaban J connectivity index is 1.96. The first-order chi connectivity index (χ1) is 10.1. The van der Waals surface area contributed by atoms with Gasteiger partial charge in [-0.3, -0.25) is 9.59 Å². The first-order valence-electron chi connectivity index (χ1n) is 6.16. The highest BCUT2D eigenvalue weighted by Gasteiger charge is 2.18. The van der Waals surface area contributed by atoms with E-state index in [0.29, 0.717) is 28.4 Å². The van der Waals surface area contributed by atoms with Crippen LogP contribution in [-0.2, 0) is 9.53 Å². The number of methoxy groups -OCH3 is 1. The van der Waals surface area contributed by atoms with Crippen molar-refractivity contribution in [3.05, 3.63) is 17.3 Å². The molecular formula is C12H15N5O3S. The fourth-order valence-corrected chi connectivity index (χ4v) is 2.55. The summed E-state index contributed by atoms with van der Waals surface area (Å²) in [6, 6.07) is 0. The van der Waals surface area contributed by atoms with Gasteiger partial charge in [0.25, 0.3) is 5.91 Å². The van der Waals surface area contributed by atoms with Crippen LogP contribution in [0.5, 0.6) is 0 Å². The Morgan fingerprint density at radius 3 is 2.81 bits per heavy atom. The molecule has 0 saturated heterocycles. The zero-order chi connectivity index (χ0) is 15.2. The lowest BCUT2D eigenvalue weighted by Crippen LogP contribution is -2.38. The smallest absolute Gasteiger partial charge is 0.264 e. The van der Waals surface area contributed by atoms with Gasteiger partial charge in [0.1, 0.15) is 15.2 Å². The van der Waals surface area contributed by atoms with Gasteiger partial charge in [-0.15, -0.1) is 11.3 Å². The van der Waals surface area contributed by atoms with E-state index in [9.17, 15) is 9.59 Å². The lowest BCUT2D eigenvalue weighted by atomic mass is 10.3. The molecule has 0 spiro atoms. The lowest BCUT2D eigenvalue weighted by molar-refractivity contribution is -0.120. The van der Waals surface area contributed by atoms with Crippen molar-refractivity contribution in [3.63, 3.8) is 0 Å². The van der Waals surface area contributed by atoms with Crippen LogP contribution < -0.4 is 16.4 Å². The number of nitrogen functional groups attached to an aromatic ring is 1. The number of rotatable bonds is 6. The van der Waals surface area contributed by atoms with Gasteiger partial charge in [-0.25, -0.2) is 9.97 Å². The zero-order valence-electron chi connectivity index (χ0n) is 11.4. The fraction of sp³-hybridized carbons (Fsp3) is 0.333. The summed E-state index contributed by atoms with van der Waals surface area (Å²) in [7, 11) is 1.54. The quantitative estimate of drug-likeness (QED) is 0.634. The third-order valence-electron chi connectivity index (χ3n) is 2.61. The maximum absolute atomic E-state index is 12.0. The predicted octanol–water partition coefficient (Wildman–Crippen LogP) is -0.234. The van der Waals surface area contributed by atoms with Gasteiger partial charge in [0, 0.05) is 26.0 Å². The molecule has 0 aromatic carbocycles. The number of amides is 2. The molecule has 0 aliphatic carbocycles. The summed E-state index contributed by atoms with van der Waals surface area (Å²) in [5.74, 6) is -0.712. The number of nitrogens with zero attached hydrogens (tertiary/aromatic N) is 2. The van der Waals surface area contributed by atoms with Gasteiger partial charge in [0.15, 0.2) is 0 Å². The monoisotopic (exact) mass is 309 g/mol. The highest BCUT2D eigenvalue weighted by atomic mass is 32.1. The van der Waals surface area contributed by atoms with Crippen molar-refractivity contribution in [2.75, 3.05) is 32.5 Å². The highest BCUT2D eigenvalue weighted by molar-refractivity contribution is 7.21. The largest absolute Gasteiger partial charge is 0.396 e. The molecule has 0 aliphatic heterocycles. The van der Waals surface area contributed by atoms with Gasteiger partial charge in [0.05, 0.1) is 18.8 Å². The molecule has 0 bridgehead atoms. The molecule has 0 unspecified atom stereocenters. The minimum atomic E-state index is -0.417. The summed E-state index contributed by atoms with van der Waals surface area (Å²) in [5, 5.41) is 5.11. The van der Waals surface area contributed by atoms with Crippen molar-refractivity contribution in [1.82, 2.24) is 20.6 Å². The normalized spacial score (nSPS) is 10.5. The maximum Gasteiger partial charge on any atom is 0.264 e. The van der Waals surface area contributed by atoms with E-state index in [1.807, 2.05) is 0 Å². The standard InChI is InChI=1S/C12H15N5O3S/c1-20-5-4-14-7(18)6-17-11(19)10-8(13)9-12(21-10)16-3-2-15-9/h2-3H,4-6,13H2,1H3,(H,14,18)(H,17,19). The summed E-state index contributed by atoms with van der Waals surface area (Å²) in [5.41, 5.74) is 6.65. The van der Waals surface area contributed by atoms with E-state index in [4.69, 9.17) is 10.5 Å². The molecule has 2 aromatic rings. The molecule has 8 nitrogen and oxygen atoms in total. The number of ether oxygens (including phenoxy) is 1. The predicted molar refractivity (Wildman–Crippen MR) is 79.0 cm³/mol. The average Bonchev–Trinajstić information content (AvgIpc) is 2.83. The van der Waals surface area contributed by atoms with Gasteiger partial charge < -0.3 is 21.1 Å². The molecule has 21 heavy (non-hydrogen) atoms. The average molecular weight is 309 g/mol. The van der Waals surface area contributed by atoms with E-state index in [-0.39, 0.29) is 18.1 Å². The van der Waals surface area contributed by atoms with Crippen LogP contribution in [0.15, 0.2) is 12.4 Å². The molecule has 0 fully saturated rings. The zero-order valence-corrected chi connectivity index (χ0v) is 12.2. The summed E-state index contributed by atoms with van der Waals surface area (Å²) in [6.45, 7) is 0.682. The summed E-state index contributed by atoms with van der Waals surface area (Å²) < 4.78 is 4.81. The Morgan fingerprint density at radius 2 is 2.10 bits per heavy atom. The first kappa shape index (κ1) is 15.1. The van der Waals surface area contributed by atoms with Crippen LogP contribution in [0.1, 0.15) is 9.67 Å². The van der Waals surface area contributed by atoms with E-state index in [1.165, 1.54) is 12.4 Å². The molecule has 2 heterocycles. The van der Waals surface area contributed by atoms with E-state index >= 15 is 0 Å². The third-order valence-corrected chi connectivity index (χ3v) is 3.71. The molecule has 2 aromatic heterocycles. The SMILES string of the molecule is COCCNC(=O)CNC(=O)c1sc2nccnc2c1N. The van der Waals surface area contributed by atoms with Crippen molar-refractivity contribution in [2.24, 2.45) is 0 Å². The maximum atomic E-state index is 12.0. The van der Waals surface area contributed by atoms with Crippen LogP contribution in [-0.4, -0.2) is 48.6 Å². The summed E-state index contributed by atoms with van der Waals surface area (Å²) in [6.07, 6.45) is 3.04. The molecule has 2 amide bonds. The lowest BCUT2D eigenvalue weighted by Gasteiger charge is -2.05. The minimum Gasteiger partial charge on any atom is -0.396 e. The van der Waals surface area contributed by atoms with Crippen LogP contribution in [0.2, 0.25) is 0 Å². The van der Waals surface area contributed by atoms with E-state index < -0.39 is 5.91 Å². The first-order valence-corrected chi connectivity index (χ1v) is 6.98. The van der Waals surface area contributed by atoms with Crippen molar-refractivity contribution in [1.29, 1.82) is 0 Å². The van der Waals surface area contributed by atoms with Gasteiger partial charge >= 0.3 is 0 Å². The fourth-order valence-electron chi connectivity index (χ4n) is 1.61. The Bertz CT molecular complexity index is 657. The molecule has 9 heteroatoms. The molecule has 0 radical (unpaired) electrons. The number of anilines is 1. The van der Waals surface area contributed by atoms with Crippen LogP contribution in [0, 0.1) is 0 Å². The van der Waals surface area contributed by atoms with E-state index in [2.05, 4.69) is 20.6 Å². The van der Waals surface area contributed by atoms with E-state index in [0.717, 1.165) is 11.3 Å². The molecule has 2 rings (SSSR count). The number of carbonyl (C=O) groups excluding carboxylic acids is 2. The number of carbonyl (C=O) groups is 2. The second-order valence-electron chi connectivity index (χ2n) is 4.08. The number of aromatic nitrogens is 2. The summed E-state index contributed by atoms with van der Waals surface area (Å²) in [4.78, 5) is 32.6. The van der Waals surface area contributed by atoms with Gasteiger partial charge in [-0.05, 0) is 0 Å². The van der Waals surface area contributed by atoms with Crippen LogP contribution in [0.3, 0.4) is 0 Å². The Kier molecular flexibility index (Phi) is 5.01. The highest BCUT2D eigenvalue weighted by Crippen LogP contribution is 2.29. The number of nitrogens with two attached hydrogens (primary N) is 1. The number of fused-ring (bicyclic) bond motifs is 1. The second-order valence-corrected chi connectivity index (χ2v) is 5.08. The molecule has 0 atom stereocenters. The van der Waals surface area contributed by atoms with Crippen LogP contribution in [0.4, 0.5) is 5.69 Å². The van der Waals surface area contributed by atoms with Crippen molar-refractivity contribution in [2.45, 2.75) is 0 Å². The minimum absolute atomic E-state index is 0.128.